The molecule has 0 unspecified atom stereocenters. The third kappa shape index (κ3) is 8.08. The van der Waals surface area contributed by atoms with Gasteiger partial charge in [0.15, 0.2) is 23.0 Å². The van der Waals surface area contributed by atoms with Crippen molar-refractivity contribution >= 4 is 28.3 Å². The third-order valence-electron chi connectivity index (χ3n) is 8.37. The van der Waals surface area contributed by atoms with Crippen LogP contribution in [0.5, 0.6) is 17.2 Å². The van der Waals surface area contributed by atoms with Gasteiger partial charge >= 0.3 is 5.69 Å². The Bertz CT molecular complexity index is 2450. The van der Waals surface area contributed by atoms with Crippen LogP contribution in [0.3, 0.4) is 0 Å². The van der Waals surface area contributed by atoms with Crippen molar-refractivity contribution in [2.24, 2.45) is 0 Å². The molecular formula is C43H32N2O8. The summed E-state index contributed by atoms with van der Waals surface area (Å²) in [5.41, 5.74) is 2.35. The molecule has 0 fully saturated rings. The zero-order valence-electron chi connectivity index (χ0n) is 28.3. The van der Waals surface area contributed by atoms with E-state index in [4.69, 9.17) is 18.6 Å². The lowest BCUT2D eigenvalue weighted by atomic mass is 10.1. The number of nitrogens with one attached hydrogen (secondary N) is 1. The Morgan fingerprint density at radius 1 is 0.623 bits per heavy atom. The first-order chi connectivity index (χ1) is 25.9. The number of nitro benzene ring substituents is 1. The molecule has 0 spiro atoms. The van der Waals surface area contributed by atoms with Gasteiger partial charge in [0.25, 0.3) is 5.91 Å². The van der Waals surface area contributed by atoms with Crippen LogP contribution >= 0.6 is 0 Å². The van der Waals surface area contributed by atoms with Crippen LogP contribution in [0.1, 0.15) is 27.0 Å². The number of rotatable bonds is 13. The normalized spacial score (nSPS) is 10.8. The van der Waals surface area contributed by atoms with Gasteiger partial charge in [-0.3, -0.25) is 19.7 Å². The number of amides is 1. The molecule has 1 aromatic heterocycles. The summed E-state index contributed by atoms with van der Waals surface area (Å²) in [6.07, 6.45) is 0. The largest absolute Gasteiger partial charge is 0.485 e. The van der Waals surface area contributed by atoms with Gasteiger partial charge in [-0.2, -0.15) is 0 Å². The summed E-state index contributed by atoms with van der Waals surface area (Å²) in [6.45, 7) is 0.624. The van der Waals surface area contributed by atoms with Crippen LogP contribution < -0.4 is 25.0 Å². The lowest BCUT2D eigenvalue weighted by Gasteiger charge is -2.16. The number of fused-ring (bicyclic) bond motifs is 1. The molecule has 0 aliphatic carbocycles. The summed E-state index contributed by atoms with van der Waals surface area (Å²) in [5.74, 6) is 0.161. The molecule has 0 bridgehead atoms. The van der Waals surface area contributed by atoms with E-state index in [1.54, 1.807) is 42.5 Å². The summed E-state index contributed by atoms with van der Waals surface area (Å²) >= 11 is 0. The van der Waals surface area contributed by atoms with E-state index in [0.29, 0.717) is 22.6 Å². The Morgan fingerprint density at radius 3 is 1.75 bits per heavy atom. The van der Waals surface area contributed by atoms with Crippen molar-refractivity contribution in [1.82, 2.24) is 0 Å². The highest BCUT2D eigenvalue weighted by atomic mass is 16.6. The molecular weight excluding hydrogens is 672 g/mol. The molecule has 0 saturated carbocycles. The Hall–Kier alpha value is -7.20. The number of nitro groups is 1. The summed E-state index contributed by atoms with van der Waals surface area (Å²) in [4.78, 5) is 39.2. The molecule has 10 nitrogen and oxygen atoms in total. The minimum absolute atomic E-state index is 0.00100. The summed E-state index contributed by atoms with van der Waals surface area (Å²) in [7, 11) is 0. The maximum absolute atomic E-state index is 14.0. The van der Waals surface area contributed by atoms with E-state index in [2.05, 4.69) is 5.32 Å². The van der Waals surface area contributed by atoms with Crippen LogP contribution in [0.2, 0.25) is 0 Å². The highest BCUT2D eigenvalue weighted by Crippen LogP contribution is 2.37. The van der Waals surface area contributed by atoms with Crippen molar-refractivity contribution < 1.29 is 28.3 Å². The average Bonchev–Trinajstić information content (AvgIpc) is 3.20. The van der Waals surface area contributed by atoms with E-state index in [1.165, 1.54) is 12.1 Å². The molecule has 10 heteroatoms. The second kappa shape index (κ2) is 15.8. The van der Waals surface area contributed by atoms with E-state index in [1.807, 2.05) is 91.0 Å². The van der Waals surface area contributed by atoms with Crippen LogP contribution in [0.25, 0.3) is 22.3 Å². The lowest BCUT2D eigenvalue weighted by Crippen LogP contribution is -2.20. The zero-order valence-corrected chi connectivity index (χ0v) is 28.3. The maximum atomic E-state index is 14.0. The highest BCUT2D eigenvalue weighted by Gasteiger charge is 2.23. The Kier molecular flexibility index (Phi) is 10.2. The Balaban J connectivity index is 1.23. The molecule has 1 heterocycles. The van der Waals surface area contributed by atoms with E-state index < -0.39 is 21.9 Å². The van der Waals surface area contributed by atoms with Gasteiger partial charge in [-0.25, -0.2) is 0 Å². The topological polar surface area (TPSA) is 130 Å². The average molecular weight is 705 g/mol. The number of hydrogen-bond donors (Lipinski definition) is 1. The second-order valence-corrected chi connectivity index (χ2v) is 12.0. The van der Waals surface area contributed by atoms with Crippen LogP contribution in [-0.2, 0) is 19.8 Å². The molecule has 1 amide bonds. The molecule has 1 N–H and O–H groups in total. The van der Waals surface area contributed by atoms with E-state index in [9.17, 15) is 19.7 Å². The molecule has 0 aliphatic rings. The van der Waals surface area contributed by atoms with Gasteiger partial charge in [0.2, 0.25) is 5.43 Å². The summed E-state index contributed by atoms with van der Waals surface area (Å²) < 4.78 is 24.5. The molecule has 6 aromatic carbocycles. The van der Waals surface area contributed by atoms with Crippen molar-refractivity contribution in [1.29, 1.82) is 0 Å². The van der Waals surface area contributed by atoms with E-state index in [0.717, 1.165) is 22.8 Å². The van der Waals surface area contributed by atoms with E-state index >= 15 is 0 Å². The number of nitrogens with zero attached hydrogens (tertiary/aromatic N) is 1. The van der Waals surface area contributed by atoms with Crippen molar-refractivity contribution in [3.8, 4) is 28.6 Å². The fourth-order valence-electron chi connectivity index (χ4n) is 5.66. The van der Waals surface area contributed by atoms with Crippen LogP contribution in [0, 0.1) is 10.1 Å². The van der Waals surface area contributed by atoms with Gasteiger partial charge in [0.05, 0.1) is 10.3 Å². The highest BCUT2D eigenvalue weighted by molar-refractivity contribution is 6.07. The van der Waals surface area contributed by atoms with Gasteiger partial charge in [-0.1, -0.05) is 103 Å². The number of carbonyl (C=O) groups excluding carboxylic acids is 1. The predicted octanol–water partition coefficient (Wildman–Crippen LogP) is 9.36. The molecule has 0 radical (unpaired) electrons. The van der Waals surface area contributed by atoms with Crippen molar-refractivity contribution in [3.05, 3.63) is 194 Å². The Morgan fingerprint density at radius 2 is 1.15 bits per heavy atom. The molecule has 0 aliphatic heterocycles. The number of ether oxygens (including phenoxy) is 3. The minimum Gasteiger partial charge on any atom is -0.485 e. The first kappa shape index (κ1) is 34.3. The van der Waals surface area contributed by atoms with Crippen molar-refractivity contribution in [2.45, 2.75) is 19.8 Å². The zero-order chi connectivity index (χ0) is 36.6. The van der Waals surface area contributed by atoms with Crippen molar-refractivity contribution in [3.63, 3.8) is 0 Å². The van der Waals surface area contributed by atoms with Gasteiger partial charge < -0.3 is 23.9 Å². The van der Waals surface area contributed by atoms with Crippen LogP contribution in [-0.4, -0.2) is 10.8 Å². The van der Waals surface area contributed by atoms with Crippen LogP contribution in [0.15, 0.2) is 161 Å². The smallest absolute Gasteiger partial charge is 0.311 e. The number of hydrogen-bond acceptors (Lipinski definition) is 8. The number of anilines is 1. The van der Waals surface area contributed by atoms with Crippen molar-refractivity contribution in [2.75, 3.05) is 5.32 Å². The maximum Gasteiger partial charge on any atom is 0.311 e. The van der Waals surface area contributed by atoms with Gasteiger partial charge in [-0.05, 0) is 59.2 Å². The first-order valence-corrected chi connectivity index (χ1v) is 16.7. The molecule has 0 saturated heterocycles. The predicted molar refractivity (Wildman–Crippen MR) is 201 cm³/mol. The SMILES string of the molecule is O=C(Nc1c(-c2ccc(OCc3ccccc3)c(OCc3ccccc3)c2)oc2ccccc2c1=O)c1ccc(OCc2ccccc2)c([N+](=O)[O-])c1. The molecule has 0 atom stereocenters. The van der Waals surface area contributed by atoms with E-state index in [-0.39, 0.29) is 48.0 Å². The number of para-hydroxylation sites is 1. The first-order valence-electron chi connectivity index (χ1n) is 16.7. The van der Waals surface area contributed by atoms with Gasteiger partial charge in [0, 0.05) is 17.2 Å². The second-order valence-electron chi connectivity index (χ2n) is 12.0. The fourth-order valence-corrected chi connectivity index (χ4v) is 5.66. The molecule has 7 aromatic rings. The molecule has 7 rings (SSSR count). The number of benzene rings is 6. The minimum atomic E-state index is -0.755. The van der Waals surface area contributed by atoms with Gasteiger partial charge in [-0.15, -0.1) is 0 Å². The Labute approximate surface area is 304 Å². The fraction of sp³-hybridized carbons (Fsp3) is 0.0698. The summed E-state index contributed by atoms with van der Waals surface area (Å²) in [5, 5.41) is 15.0. The summed E-state index contributed by atoms with van der Waals surface area (Å²) in [6, 6.07) is 44.2. The van der Waals surface area contributed by atoms with Gasteiger partial charge in [0.1, 0.15) is 31.1 Å². The number of carbonyl (C=O) groups is 1. The molecule has 262 valence electrons. The third-order valence-corrected chi connectivity index (χ3v) is 8.37. The quantitative estimate of drug-likeness (QED) is 0.0929. The molecule has 53 heavy (non-hydrogen) atoms. The van der Waals surface area contributed by atoms with Crippen LogP contribution in [0.4, 0.5) is 11.4 Å². The standard InChI is InChI=1S/C43H32N2O8/c46-41-34-18-10-11-19-36(34)53-42(40(41)44-43(47)33-21-22-37(35(24-33)45(48)49)50-26-29-12-4-1-5-13-29)32-20-23-38(51-27-30-14-6-2-7-15-30)39(25-32)52-28-31-16-8-3-9-17-31/h1-25H,26-28H2,(H,44,47). The monoisotopic (exact) mass is 704 g/mol. The lowest BCUT2D eigenvalue weighted by molar-refractivity contribution is -0.386.